The van der Waals surface area contributed by atoms with Gasteiger partial charge in [0, 0.05) is 30.3 Å². The SMILES string of the molecule is C=CCN(CC=C)C(=O)c1ccc(NC(=O)[C@@H]2CCC[C@@H]2CN)cc1.Cl. The predicted octanol–water partition coefficient (Wildman–Crippen LogP) is 3.24. The molecule has 2 rings (SSSR count). The molecule has 1 fully saturated rings. The van der Waals surface area contributed by atoms with E-state index in [9.17, 15) is 9.59 Å². The smallest absolute Gasteiger partial charge is 0.254 e. The Labute approximate surface area is 161 Å². The summed E-state index contributed by atoms with van der Waals surface area (Å²) in [5.74, 6) is 0.192. The van der Waals surface area contributed by atoms with Gasteiger partial charge in [0.05, 0.1) is 0 Å². The number of rotatable bonds is 8. The molecule has 1 aromatic carbocycles. The maximum atomic E-state index is 12.5. The van der Waals surface area contributed by atoms with Crippen LogP contribution in [0.3, 0.4) is 0 Å². The number of nitrogens with zero attached hydrogens (tertiary/aromatic N) is 1. The van der Waals surface area contributed by atoms with Crippen molar-refractivity contribution in [1.82, 2.24) is 4.90 Å². The molecule has 1 aliphatic rings. The van der Waals surface area contributed by atoms with Crippen molar-refractivity contribution in [3.63, 3.8) is 0 Å². The average molecular weight is 378 g/mol. The Kier molecular flexibility index (Phi) is 9.10. The summed E-state index contributed by atoms with van der Waals surface area (Å²) >= 11 is 0. The predicted molar refractivity (Wildman–Crippen MR) is 109 cm³/mol. The second-order valence-corrected chi connectivity index (χ2v) is 6.39. The van der Waals surface area contributed by atoms with E-state index in [1.807, 2.05) is 0 Å². The minimum Gasteiger partial charge on any atom is -0.331 e. The highest BCUT2D eigenvalue weighted by Crippen LogP contribution is 2.31. The van der Waals surface area contributed by atoms with E-state index in [1.165, 1.54) is 0 Å². The van der Waals surface area contributed by atoms with Gasteiger partial charge in [0.1, 0.15) is 0 Å². The lowest BCUT2D eigenvalue weighted by atomic mass is 9.95. The second-order valence-electron chi connectivity index (χ2n) is 6.39. The lowest BCUT2D eigenvalue weighted by molar-refractivity contribution is -0.120. The molecule has 0 saturated heterocycles. The zero-order valence-electron chi connectivity index (χ0n) is 15.0. The number of hydrogen-bond donors (Lipinski definition) is 2. The molecular formula is C20H28ClN3O2. The van der Waals surface area contributed by atoms with Gasteiger partial charge in [-0.3, -0.25) is 9.59 Å². The van der Waals surface area contributed by atoms with Crippen LogP contribution in [-0.2, 0) is 4.79 Å². The third kappa shape index (κ3) is 5.44. The van der Waals surface area contributed by atoms with Crippen LogP contribution in [0.2, 0.25) is 0 Å². The molecular weight excluding hydrogens is 350 g/mol. The zero-order valence-corrected chi connectivity index (χ0v) is 15.8. The van der Waals surface area contributed by atoms with Gasteiger partial charge in [-0.05, 0) is 49.6 Å². The summed E-state index contributed by atoms with van der Waals surface area (Å²) < 4.78 is 0. The number of amides is 2. The summed E-state index contributed by atoms with van der Waals surface area (Å²) in [5.41, 5.74) is 7.02. The lowest BCUT2D eigenvalue weighted by Gasteiger charge is -2.20. The van der Waals surface area contributed by atoms with E-state index in [-0.39, 0.29) is 36.1 Å². The van der Waals surface area contributed by atoms with Gasteiger partial charge in [-0.1, -0.05) is 18.6 Å². The Morgan fingerprint density at radius 3 is 2.31 bits per heavy atom. The number of benzene rings is 1. The van der Waals surface area contributed by atoms with Crippen LogP contribution in [0.25, 0.3) is 0 Å². The van der Waals surface area contributed by atoms with Crippen molar-refractivity contribution in [3.05, 3.63) is 55.1 Å². The number of carbonyl (C=O) groups is 2. The normalized spacial score (nSPS) is 18.5. The van der Waals surface area contributed by atoms with Crippen molar-refractivity contribution >= 4 is 29.9 Å². The first-order chi connectivity index (χ1) is 12.1. The molecule has 2 atom stereocenters. The third-order valence-corrected chi connectivity index (χ3v) is 4.68. The first-order valence-corrected chi connectivity index (χ1v) is 8.72. The van der Waals surface area contributed by atoms with E-state index in [4.69, 9.17) is 5.73 Å². The molecule has 0 spiro atoms. The van der Waals surface area contributed by atoms with Crippen molar-refractivity contribution in [2.24, 2.45) is 17.6 Å². The molecule has 1 saturated carbocycles. The molecule has 26 heavy (non-hydrogen) atoms. The molecule has 0 bridgehead atoms. The standard InChI is InChI=1S/C20H27N3O2.ClH/c1-3-12-23(13-4-2)20(25)15-8-10-17(11-9-15)22-19(24)18-7-5-6-16(18)14-21;/h3-4,8-11,16,18H,1-2,5-7,12-14,21H2,(H,22,24);1H/t16-,18-;/m1./s1. The summed E-state index contributed by atoms with van der Waals surface area (Å²) in [6.07, 6.45) is 6.33. The van der Waals surface area contributed by atoms with Crippen LogP contribution in [-0.4, -0.2) is 36.3 Å². The molecule has 0 heterocycles. The summed E-state index contributed by atoms with van der Waals surface area (Å²) in [4.78, 5) is 26.5. The number of halogens is 1. The minimum atomic E-state index is -0.0864. The number of hydrogen-bond acceptors (Lipinski definition) is 3. The van der Waals surface area contributed by atoms with Crippen LogP contribution in [0, 0.1) is 11.8 Å². The fraction of sp³-hybridized carbons (Fsp3) is 0.400. The van der Waals surface area contributed by atoms with Gasteiger partial charge in [-0.2, -0.15) is 0 Å². The molecule has 0 aliphatic heterocycles. The fourth-order valence-electron chi connectivity index (χ4n) is 3.33. The van der Waals surface area contributed by atoms with E-state index >= 15 is 0 Å². The lowest BCUT2D eigenvalue weighted by Crippen LogP contribution is -2.31. The molecule has 5 nitrogen and oxygen atoms in total. The van der Waals surface area contributed by atoms with Crippen LogP contribution < -0.4 is 11.1 Å². The van der Waals surface area contributed by atoms with Crippen LogP contribution in [0.1, 0.15) is 29.6 Å². The largest absolute Gasteiger partial charge is 0.331 e. The Bertz CT molecular complexity index is 620. The molecule has 6 heteroatoms. The van der Waals surface area contributed by atoms with Crippen LogP contribution in [0.5, 0.6) is 0 Å². The Hall–Kier alpha value is -2.11. The van der Waals surface area contributed by atoms with E-state index in [0.717, 1.165) is 19.3 Å². The molecule has 1 aliphatic carbocycles. The summed E-state index contributed by atoms with van der Waals surface area (Å²) in [6, 6.07) is 6.98. The highest BCUT2D eigenvalue weighted by molar-refractivity contribution is 5.96. The van der Waals surface area contributed by atoms with Crippen molar-refractivity contribution in [3.8, 4) is 0 Å². The second kappa shape index (κ2) is 10.8. The van der Waals surface area contributed by atoms with Gasteiger partial charge in [-0.15, -0.1) is 25.6 Å². The monoisotopic (exact) mass is 377 g/mol. The van der Waals surface area contributed by atoms with Crippen molar-refractivity contribution in [2.75, 3.05) is 25.0 Å². The maximum Gasteiger partial charge on any atom is 0.254 e. The van der Waals surface area contributed by atoms with Crippen molar-refractivity contribution in [1.29, 1.82) is 0 Å². The number of nitrogens with one attached hydrogen (secondary N) is 1. The summed E-state index contributed by atoms with van der Waals surface area (Å²) in [6.45, 7) is 8.82. The first-order valence-electron chi connectivity index (χ1n) is 8.72. The topological polar surface area (TPSA) is 75.4 Å². The van der Waals surface area contributed by atoms with Gasteiger partial charge < -0.3 is 16.0 Å². The maximum absolute atomic E-state index is 12.5. The third-order valence-electron chi connectivity index (χ3n) is 4.68. The summed E-state index contributed by atoms with van der Waals surface area (Å²) in [7, 11) is 0. The van der Waals surface area contributed by atoms with Gasteiger partial charge in [0.25, 0.3) is 5.91 Å². The molecule has 2 amide bonds. The van der Waals surface area contributed by atoms with Crippen LogP contribution in [0.4, 0.5) is 5.69 Å². The van der Waals surface area contributed by atoms with E-state index < -0.39 is 0 Å². The van der Waals surface area contributed by atoms with Gasteiger partial charge in [0.2, 0.25) is 5.91 Å². The van der Waals surface area contributed by atoms with Crippen molar-refractivity contribution < 1.29 is 9.59 Å². The van der Waals surface area contributed by atoms with Crippen molar-refractivity contribution in [2.45, 2.75) is 19.3 Å². The van der Waals surface area contributed by atoms with E-state index in [2.05, 4.69) is 18.5 Å². The molecule has 0 radical (unpaired) electrons. The number of nitrogens with two attached hydrogens (primary N) is 1. The first kappa shape index (κ1) is 21.9. The zero-order chi connectivity index (χ0) is 18.2. The molecule has 1 aromatic rings. The van der Waals surface area contributed by atoms with E-state index in [0.29, 0.717) is 30.9 Å². The fourth-order valence-corrected chi connectivity index (χ4v) is 3.33. The highest BCUT2D eigenvalue weighted by Gasteiger charge is 2.31. The van der Waals surface area contributed by atoms with E-state index in [1.54, 1.807) is 41.3 Å². The molecule has 3 N–H and O–H groups in total. The van der Waals surface area contributed by atoms with Gasteiger partial charge in [-0.25, -0.2) is 0 Å². The van der Waals surface area contributed by atoms with Crippen LogP contribution in [0.15, 0.2) is 49.6 Å². The quantitative estimate of drug-likeness (QED) is 0.683. The highest BCUT2D eigenvalue weighted by atomic mass is 35.5. The molecule has 0 unspecified atom stereocenters. The summed E-state index contributed by atoms with van der Waals surface area (Å²) in [5, 5.41) is 2.94. The van der Waals surface area contributed by atoms with Gasteiger partial charge >= 0.3 is 0 Å². The number of anilines is 1. The Morgan fingerprint density at radius 2 is 1.77 bits per heavy atom. The molecule has 142 valence electrons. The Morgan fingerprint density at radius 1 is 1.15 bits per heavy atom. The molecule has 0 aromatic heterocycles. The average Bonchev–Trinajstić information content (AvgIpc) is 3.10. The van der Waals surface area contributed by atoms with Crippen LogP contribution >= 0.6 is 12.4 Å². The Balaban J connectivity index is 0.00000338. The minimum absolute atomic E-state index is 0. The number of carbonyl (C=O) groups excluding carboxylic acids is 2. The van der Waals surface area contributed by atoms with Gasteiger partial charge in [0.15, 0.2) is 0 Å².